The zero-order valence-corrected chi connectivity index (χ0v) is 8.14. The molecule has 1 aromatic heterocycles. The molecule has 1 heterocycles. The van der Waals surface area contributed by atoms with E-state index in [2.05, 4.69) is 0 Å². The zero-order valence-electron chi connectivity index (χ0n) is 6.57. The largest absolute Gasteiger partial charge is 0.489 e. The van der Waals surface area contributed by atoms with E-state index in [-0.39, 0.29) is 2.85 Å². The highest BCUT2D eigenvalue weighted by molar-refractivity contribution is 7.19. The van der Waals surface area contributed by atoms with Crippen LogP contribution in [0.5, 0.6) is 0 Å². The molecule has 0 radical (unpaired) electrons. The summed E-state index contributed by atoms with van der Waals surface area (Å²) in [6, 6.07) is 5.41. The first-order valence-electron chi connectivity index (χ1n) is 3.72. The Hall–Kier alpha value is -0.545. The fourth-order valence-electron chi connectivity index (χ4n) is 1.24. The van der Waals surface area contributed by atoms with Crippen molar-refractivity contribution in [2.24, 2.45) is 0 Å². The molecule has 0 bridgehead atoms. The number of halogens is 1. The standard InChI is InChI=1S/C8H6BClO2S.2H2/c10-7-3-1-2-5-6(9(11)12)4-13-8(5)7;;/h1-4,11-12H;2*1H. The van der Waals surface area contributed by atoms with E-state index in [1.807, 2.05) is 6.07 Å². The molecule has 2 aromatic rings. The van der Waals surface area contributed by atoms with Crippen LogP contribution in [0.1, 0.15) is 2.85 Å². The minimum atomic E-state index is -1.42. The Morgan fingerprint density at radius 2 is 2.15 bits per heavy atom. The Morgan fingerprint density at radius 1 is 1.38 bits per heavy atom. The van der Waals surface area contributed by atoms with Crippen molar-refractivity contribution in [1.29, 1.82) is 0 Å². The molecule has 2 N–H and O–H groups in total. The summed E-state index contributed by atoms with van der Waals surface area (Å²) in [5.41, 5.74) is 0.516. The molecule has 1 aromatic carbocycles. The summed E-state index contributed by atoms with van der Waals surface area (Å²) in [5, 5.41) is 21.2. The minimum Gasteiger partial charge on any atom is -0.423 e. The highest BCUT2D eigenvalue weighted by Gasteiger charge is 2.16. The van der Waals surface area contributed by atoms with E-state index in [1.165, 1.54) is 11.3 Å². The number of hydrogen-bond donors (Lipinski definition) is 2. The SMILES string of the molecule is OB(O)c1csc2c(Cl)cccc12.[HH].[HH]. The lowest BCUT2D eigenvalue weighted by molar-refractivity contribution is 0.426. The number of rotatable bonds is 1. The summed E-state index contributed by atoms with van der Waals surface area (Å²) in [5.74, 6) is 0. The Balaban J connectivity index is 0.000000980. The van der Waals surface area contributed by atoms with Gasteiger partial charge in [-0.2, -0.15) is 0 Å². The highest BCUT2D eigenvalue weighted by atomic mass is 35.5. The molecule has 0 spiro atoms. The van der Waals surface area contributed by atoms with E-state index < -0.39 is 7.12 Å². The molecule has 0 fully saturated rings. The third-order valence-electron chi connectivity index (χ3n) is 1.86. The number of hydrogen-bond acceptors (Lipinski definition) is 3. The number of fused-ring (bicyclic) bond motifs is 1. The van der Waals surface area contributed by atoms with Gasteiger partial charge in [0.2, 0.25) is 0 Å². The normalized spacial score (nSPS) is 10.7. The molecule has 2 nitrogen and oxygen atoms in total. The highest BCUT2D eigenvalue weighted by Crippen LogP contribution is 2.26. The van der Waals surface area contributed by atoms with Crippen LogP contribution in [-0.2, 0) is 0 Å². The second kappa shape index (κ2) is 3.31. The maximum Gasteiger partial charge on any atom is 0.489 e. The van der Waals surface area contributed by atoms with Gasteiger partial charge in [0.15, 0.2) is 0 Å². The van der Waals surface area contributed by atoms with Crippen molar-refractivity contribution >= 4 is 45.6 Å². The molecule has 0 aliphatic carbocycles. The minimum absolute atomic E-state index is 0. The van der Waals surface area contributed by atoms with E-state index in [1.54, 1.807) is 17.5 Å². The molecule has 0 saturated heterocycles. The maximum atomic E-state index is 9.02. The van der Waals surface area contributed by atoms with Gasteiger partial charge in [0, 0.05) is 8.32 Å². The second-order valence-electron chi connectivity index (χ2n) is 2.68. The summed E-state index contributed by atoms with van der Waals surface area (Å²) in [4.78, 5) is 0. The van der Waals surface area contributed by atoms with Gasteiger partial charge in [-0.1, -0.05) is 23.7 Å². The molecule has 0 aliphatic rings. The van der Waals surface area contributed by atoms with Gasteiger partial charge in [0.1, 0.15) is 0 Å². The van der Waals surface area contributed by atoms with Crippen LogP contribution in [0.15, 0.2) is 23.6 Å². The van der Waals surface area contributed by atoms with Gasteiger partial charge in [0.05, 0.1) is 9.72 Å². The summed E-state index contributed by atoms with van der Waals surface area (Å²) in [6.45, 7) is 0. The van der Waals surface area contributed by atoms with Crippen LogP contribution < -0.4 is 5.46 Å². The zero-order chi connectivity index (χ0) is 9.42. The van der Waals surface area contributed by atoms with Crippen LogP contribution in [0.25, 0.3) is 10.1 Å². The van der Waals surface area contributed by atoms with Crippen LogP contribution in [0, 0.1) is 0 Å². The quantitative estimate of drug-likeness (QED) is 0.713. The smallest absolute Gasteiger partial charge is 0.423 e. The average Bonchev–Trinajstić information content (AvgIpc) is 2.48. The Labute approximate surface area is 87.5 Å². The predicted octanol–water partition coefficient (Wildman–Crippen LogP) is 1.73. The van der Waals surface area contributed by atoms with Crippen molar-refractivity contribution in [3.05, 3.63) is 28.6 Å². The van der Waals surface area contributed by atoms with E-state index >= 15 is 0 Å². The molecular formula is C8H10BClO2S. The van der Waals surface area contributed by atoms with Gasteiger partial charge >= 0.3 is 7.12 Å². The summed E-state index contributed by atoms with van der Waals surface area (Å²) in [6.07, 6.45) is 0. The molecule has 0 aliphatic heterocycles. The Bertz CT molecular complexity index is 449. The van der Waals surface area contributed by atoms with Gasteiger partial charge in [-0.05, 0) is 16.8 Å². The van der Waals surface area contributed by atoms with Crippen molar-refractivity contribution in [1.82, 2.24) is 0 Å². The molecule has 70 valence electrons. The predicted molar refractivity (Wildman–Crippen MR) is 60.9 cm³/mol. The first-order valence-corrected chi connectivity index (χ1v) is 4.97. The molecule has 2 rings (SSSR count). The van der Waals surface area contributed by atoms with E-state index in [9.17, 15) is 0 Å². The third kappa shape index (κ3) is 1.46. The maximum absolute atomic E-state index is 9.02. The van der Waals surface area contributed by atoms with Gasteiger partial charge in [-0.15, -0.1) is 11.3 Å². The second-order valence-corrected chi connectivity index (χ2v) is 3.97. The van der Waals surface area contributed by atoms with Crippen LogP contribution in [-0.4, -0.2) is 17.2 Å². The summed E-state index contributed by atoms with van der Waals surface area (Å²) < 4.78 is 0.896. The van der Waals surface area contributed by atoms with Crippen molar-refractivity contribution in [2.75, 3.05) is 0 Å². The lowest BCUT2D eigenvalue weighted by Crippen LogP contribution is -2.28. The molecule has 0 saturated carbocycles. The lowest BCUT2D eigenvalue weighted by atomic mass is 9.80. The fourth-order valence-corrected chi connectivity index (χ4v) is 2.54. The van der Waals surface area contributed by atoms with E-state index in [0.717, 1.165) is 10.1 Å². The molecule has 5 heteroatoms. The molecule has 13 heavy (non-hydrogen) atoms. The van der Waals surface area contributed by atoms with Crippen molar-refractivity contribution < 1.29 is 12.9 Å². The van der Waals surface area contributed by atoms with Crippen LogP contribution in [0.2, 0.25) is 5.02 Å². The van der Waals surface area contributed by atoms with Crippen molar-refractivity contribution in [2.45, 2.75) is 0 Å². The number of benzene rings is 1. The average molecular weight is 216 g/mol. The lowest BCUT2D eigenvalue weighted by Gasteiger charge is -1.96. The van der Waals surface area contributed by atoms with Crippen molar-refractivity contribution in [3.63, 3.8) is 0 Å². The molecule has 0 unspecified atom stereocenters. The fraction of sp³-hybridized carbons (Fsp3) is 0. The van der Waals surface area contributed by atoms with Gasteiger partial charge in [-0.25, -0.2) is 0 Å². The van der Waals surface area contributed by atoms with Gasteiger partial charge in [-0.3, -0.25) is 0 Å². The third-order valence-corrected chi connectivity index (χ3v) is 3.33. The molecule has 0 amide bonds. The first-order chi connectivity index (χ1) is 6.20. The van der Waals surface area contributed by atoms with Crippen LogP contribution >= 0.6 is 22.9 Å². The summed E-state index contributed by atoms with van der Waals surface area (Å²) >= 11 is 7.34. The topological polar surface area (TPSA) is 40.5 Å². The van der Waals surface area contributed by atoms with Crippen LogP contribution in [0.4, 0.5) is 0 Å². The van der Waals surface area contributed by atoms with Crippen molar-refractivity contribution in [3.8, 4) is 0 Å². The molecule has 0 atom stereocenters. The first kappa shape index (κ1) is 9.03. The van der Waals surface area contributed by atoms with E-state index in [0.29, 0.717) is 10.5 Å². The monoisotopic (exact) mass is 216 g/mol. The van der Waals surface area contributed by atoms with E-state index in [4.69, 9.17) is 21.6 Å². The van der Waals surface area contributed by atoms with Crippen LogP contribution in [0.3, 0.4) is 0 Å². The summed E-state index contributed by atoms with van der Waals surface area (Å²) in [7, 11) is -1.42. The Kier molecular flexibility index (Phi) is 2.30. The van der Waals surface area contributed by atoms with Gasteiger partial charge in [0.25, 0.3) is 0 Å². The number of thiophene rings is 1. The molecular weight excluding hydrogens is 206 g/mol. The Morgan fingerprint density at radius 3 is 2.85 bits per heavy atom. The van der Waals surface area contributed by atoms with Gasteiger partial charge < -0.3 is 10.0 Å².